The number of nitrogens with zero attached hydrogens (tertiary/aromatic N) is 3. The Hall–Kier alpha value is -4.25. The third-order valence-electron chi connectivity index (χ3n) is 6.61. The summed E-state index contributed by atoms with van der Waals surface area (Å²) in [6.07, 6.45) is 5.49. The molecule has 0 bridgehead atoms. The van der Waals surface area contributed by atoms with Gasteiger partial charge in [-0.1, -0.05) is 68.4 Å². The van der Waals surface area contributed by atoms with E-state index in [0.29, 0.717) is 18.0 Å². The molecule has 1 atom stereocenters. The summed E-state index contributed by atoms with van der Waals surface area (Å²) in [7, 11) is 0. The number of benzene rings is 3. The average molecular weight is 475 g/mol. The first-order valence-electron chi connectivity index (χ1n) is 12.3. The van der Waals surface area contributed by atoms with Crippen LogP contribution < -0.4 is 5.32 Å². The lowest BCUT2D eigenvalue weighted by Gasteiger charge is -2.16. The van der Waals surface area contributed by atoms with E-state index in [4.69, 9.17) is 0 Å². The number of carbonyl (C=O) groups is 1. The van der Waals surface area contributed by atoms with Gasteiger partial charge in [0.05, 0.1) is 23.4 Å². The molecule has 1 amide bonds. The van der Waals surface area contributed by atoms with Crippen LogP contribution in [0.2, 0.25) is 0 Å². The molecular weight excluding hydrogens is 444 g/mol. The Morgan fingerprint density at radius 3 is 2.44 bits per heavy atom. The van der Waals surface area contributed by atoms with Crippen molar-refractivity contribution in [2.45, 2.75) is 39.3 Å². The lowest BCUT2D eigenvalue weighted by molar-refractivity contribution is 0.0940. The second-order valence-corrected chi connectivity index (χ2v) is 9.53. The predicted octanol–water partition coefficient (Wildman–Crippen LogP) is 6.76. The van der Waals surface area contributed by atoms with Gasteiger partial charge in [0.15, 0.2) is 0 Å². The lowest BCUT2D eigenvalue weighted by atomic mass is 9.98. The molecule has 0 aliphatic carbocycles. The van der Waals surface area contributed by atoms with Crippen molar-refractivity contribution in [3.8, 4) is 11.1 Å². The fourth-order valence-corrected chi connectivity index (χ4v) is 4.41. The van der Waals surface area contributed by atoms with Crippen molar-refractivity contribution in [1.29, 1.82) is 0 Å². The standard InChI is InChI=1S/C31H30N4O/c1-21(2)25-6-4-7-26(16-25)22(3)34-31(36)27-13-14-30-29(17-27)33-20-35(30)19-23-9-11-24(12-10-23)28-8-5-15-32-18-28/h4-18,20-22H,19H2,1-3H3,(H,34,36)/t22-/m0/s1. The van der Waals surface area contributed by atoms with Crippen LogP contribution in [0.3, 0.4) is 0 Å². The van der Waals surface area contributed by atoms with Crippen LogP contribution in [-0.2, 0) is 6.54 Å². The van der Waals surface area contributed by atoms with Crippen LogP contribution in [0.5, 0.6) is 0 Å². The van der Waals surface area contributed by atoms with Gasteiger partial charge in [-0.05, 0) is 64.9 Å². The van der Waals surface area contributed by atoms with Crippen molar-refractivity contribution < 1.29 is 4.79 Å². The van der Waals surface area contributed by atoms with E-state index in [1.165, 1.54) is 11.1 Å². The molecule has 0 radical (unpaired) electrons. The number of pyridine rings is 1. The molecule has 36 heavy (non-hydrogen) atoms. The third kappa shape index (κ3) is 5.05. The van der Waals surface area contributed by atoms with E-state index in [-0.39, 0.29) is 11.9 Å². The zero-order valence-electron chi connectivity index (χ0n) is 20.8. The first-order chi connectivity index (χ1) is 17.5. The minimum atomic E-state index is -0.0973. The van der Waals surface area contributed by atoms with Gasteiger partial charge in [-0.15, -0.1) is 0 Å². The molecule has 0 aliphatic rings. The number of aromatic nitrogens is 3. The van der Waals surface area contributed by atoms with Crippen molar-refractivity contribution in [2.24, 2.45) is 0 Å². The van der Waals surface area contributed by atoms with Gasteiger partial charge >= 0.3 is 0 Å². The van der Waals surface area contributed by atoms with Crippen LogP contribution in [-0.4, -0.2) is 20.4 Å². The molecule has 5 heteroatoms. The average Bonchev–Trinajstić information content (AvgIpc) is 3.31. The fraction of sp³-hybridized carbons (Fsp3) is 0.194. The summed E-state index contributed by atoms with van der Waals surface area (Å²) in [5.74, 6) is 0.351. The summed E-state index contributed by atoms with van der Waals surface area (Å²) in [6, 6.07) is 26.5. The molecule has 180 valence electrons. The zero-order chi connectivity index (χ0) is 25.1. The predicted molar refractivity (Wildman–Crippen MR) is 145 cm³/mol. The smallest absolute Gasteiger partial charge is 0.251 e. The van der Waals surface area contributed by atoms with Crippen molar-refractivity contribution >= 4 is 16.9 Å². The Labute approximate surface area is 211 Å². The molecule has 0 spiro atoms. The number of hydrogen-bond acceptors (Lipinski definition) is 3. The lowest BCUT2D eigenvalue weighted by Crippen LogP contribution is -2.26. The fourth-order valence-electron chi connectivity index (χ4n) is 4.41. The van der Waals surface area contributed by atoms with Gasteiger partial charge in [0, 0.05) is 24.5 Å². The molecular formula is C31H30N4O. The SMILES string of the molecule is CC(C)c1cccc([C@H](C)NC(=O)c2ccc3c(c2)ncn3Cc2ccc(-c3cccnc3)cc2)c1. The van der Waals surface area contributed by atoms with E-state index in [9.17, 15) is 4.79 Å². The first-order valence-corrected chi connectivity index (χ1v) is 12.3. The Morgan fingerprint density at radius 2 is 1.69 bits per heavy atom. The van der Waals surface area contributed by atoms with Crippen LogP contribution >= 0.6 is 0 Å². The molecule has 2 heterocycles. The Kier molecular flexibility index (Phi) is 6.63. The van der Waals surface area contributed by atoms with Crippen LogP contribution in [0.4, 0.5) is 0 Å². The minimum Gasteiger partial charge on any atom is -0.346 e. The third-order valence-corrected chi connectivity index (χ3v) is 6.61. The molecule has 5 aromatic rings. The van der Waals surface area contributed by atoms with Crippen molar-refractivity contribution in [1.82, 2.24) is 19.9 Å². The molecule has 0 fully saturated rings. The van der Waals surface area contributed by atoms with E-state index >= 15 is 0 Å². The van der Waals surface area contributed by atoms with E-state index in [2.05, 4.69) is 88.3 Å². The highest BCUT2D eigenvalue weighted by atomic mass is 16.1. The number of fused-ring (bicyclic) bond motifs is 1. The van der Waals surface area contributed by atoms with Gasteiger partial charge in [-0.25, -0.2) is 4.98 Å². The van der Waals surface area contributed by atoms with Crippen LogP contribution in [0.1, 0.15) is 59.8 Å². The number of imidazole rings is 1. The largest absolute Gasteiger partial charge is 0.346 e. The Balaban J connectivity index is 1.29. The van der Waals surface area contributed by atoms with Gasteiger partial charge in [0.2, 0.25) is 0 Å². The summed E-state index contributed by atoms with van der Waals surface area (Å²) in [5.41, 5.74) is 8.22. The summed E-state index contributed by atoms with van der Waals surface area (Å²) in [5, 5.41) is 3.13. The monoisotopic (exact) mass is 474 g/mol. The quantitative estimate of drug-likeness (QED) is 0.283. The molecule has 5 rings (SSSR count). The van der Waals surface area contributed by atoms with Gasteiger partial charge in [0.25, 0.3) is 5.91 Å². The maximum Gasteiger partial charge on any atom is 0.251 e. The van der Waals surface area contributed by atoms with E-state index in [1.807, 2.05) is 43.7 Å². The first kappa shape index (κ1) is 23.5. The second-order valence-electron chi connectivity index (χ2n) is 9.53. The highest BCUT2D eigenvalue weighted by Gasteiger charge is 2.14. The number of nitrogens with one attached hydrogen (secondary N) is 1. The number of rotatable bonds is 7. The van der Waals surface area contributed by atoms with Gasteiger partial charge in [-0.3, -0.25) is 9.78 Å². The van der Waals surface area contributed by atoms with Crippen molar-refractivity contribution in [3.05, 3.63) is 120 Å². The molecule has 0 aliphatic heterocycles. The maximum atomic E-state index is 13.0. The Bertz CT molecular complexity index is 1490. The highest BCUT2D eigenvalue weighted by molar-refractivity contribution is 5.97. The van der Waals surface area contributed by atoms with E-state index in [1.54, 1.807) is 6.20 Å². The normalized spacial score (nSPS) is 12.1. The summed E-state index contributed by atoms with van der Waals surface area (Å²) in [6.45, 7) is 7.07. The summed E-state index contributed by atoms with van der Waals surface area (Å²) < 4.78 is 2.11. The number of amides is 1. The molecule has 0 saturated carbocycles. The number of hydrogen-bond donors (Lipinski definition) is 1. The zero-order valence-corrected chi connectivity index (χ0v) is 20.8. The van der Waals surface area contributed by atoms with Crippen molar-refractivity contribution in [3.63, 3.8) is 0 Å². The van der Waals surface area contributed by atoms with Crippen LogP contribution in [0, 0.1) is 0 Å². The molecule has 3 aromatic carbocycles. The minimum absolute atomic E-state index is 0.0842. The van der Waals surface area contributed by atoms with Crippen LogP contribution in [0.15, 0.2) is 97.6 Å². The molecule has 0 unspecified atom stereocenters. The van der Waals surface area contributed by atoms with Gasteiger partial charge < -0.3 is 9.88 Å². The van der Waals surface area contributed by atoms with Gasteiger partial charge in [-0.2, -0.15) is 0 Å². The topological polar surface area (TPSA) is 59.8 Å². The summed E-state index contributed by atoms with van der Waals surface area (Å²) in [4.78, 5) is 21.8. The van der Waals surface area contributed by atoms with E-state index in [0.717, 1.165) is 27.7 Å². The molecule has 2 aromatic heterocycles. The van der Waals surface area contributed by atoms with Gasteiger partial charge in [0.1, 0.15) is 0 Å². The maximum absolute atomic E-state index is 13.0. The number of carbonyl (C=O) groups excluding carboxylic acids is 1. The Morgan fingerprint density at radius 1 is 0.889 bits per heavy atom. The van der Waals surface area contributed by atoms with E-state index < -0.39 is 0 Å². The molecule has 1 N–H and O–H groups in total. The van der Waals surface area contributed by atoms with Crippen molar-refractivity contribution in [2.75, 3.05) is 0 Å². The van der Waals surface area contributed by atoms with Crippen LogP contribution in [0.25, 0.3) is 22.2 Å². The molecule has 0 saturated heterocycles. The summed E-state index contributed by atoms with van der Waals surface area (Å²) >= 11 is 0. The molecule has 5 nitrogen and oxygen atoms in total. The second kappa shape index (κ2) is 10.2. The highest BCUT2D eigenvalue weighted by Crippen LogP contribution is 2.22.